The Morgan fingerprint density at radius 2 is 2.12 bits per heavy atom. The van der Waals surface area contributed by atoms with Crippen molar-refractivity contribution in [1.29, 1.82) is 0 Å². The fraction of sp³-hybridized carbons (Fsp3) is 0.0769. The number of ether oxygens (including phenoxy) is 1. The summed E-state index contributed by atoms with van der Waals surface area (Å²) in [6.45, 7) is 1.79. The molecule has 0 radical (unpaired) electrons. The summed E-state index contributed by atoms with van der Waals surface area (Å²) in [6, 6.07) is 7.26. The normalized spacial score (nSPS) is 10.0. The highest BCUT2D eigenvalue weighted by atomic mass is 19.1. The van der Waals surface area contributed by atoms with Gasteiger partial charge in [-0.25, -0.2) is 4.39 Å². The molecule has 86 valence electrons. The molecular weight excluding hydrogens is 221 g/mol. The molecule has 0 aliphatic carbocycles. The number of pyridine rings is 1. The van der Waals surface area contributed by atoms with Crippen LogP contribution in [0.1, 0.15) is 16.1 Å². The Morgan fingerprint density at radius 3 is 2.82 bits per heavy atom. The lowest BCUT2D eigenvalue weighted by Crippen LogP contribution is -1.94. The topological polar surface area (TPSA) is 39.2 Å². The number of rotatable bonds is 3. The molecular formula is C13H10FNO2. The zero-order chi connectivity index (χ0) is 12.3. The van der Waals surface area contributed by atoms with E-state index in [-0.39, 0.29) is 5.56 Å². The summed E-state index contributed by atoms with van der Waals surface area (Å²) in [7, 11) is 0. The zero-order valence-electron chi connectivity index (χ0n) is 9.18. The molecule has 0 amide bonds. The minimum absolute atomic E-state index is 0.174. The van der Waals surface area contributed by atoms with Crippen molar-refractivity contribution in [2.45, 2.75) is 6.92 Å². The van der Waals surface area contributed by atoms with E-state index in [2.05, 4.69) is 4.98 Å². The van der Waals surface area contributed by atoms with Crippen molar-refractivity contribution in [1.82, 2.24) is 4.98 Å². The summed E-state index contributed by atoms with van der Waals surface area (Å²) >= 11 is 0. The van der Waals surface area contributed by atoms with Gasteiger partial charge < -0.3 is 4.74 Å². The molecule has 1 aromatic carbocycles. The van der Waals surface area contributed by atoms with Gasteiger partial charge in [0.2, 0.25) is 0 Å². The number of aromatic nitrogens is 1. The molecule has 1 aromatic heterocycles. The van der Waals surface area contributed by atoms with Crippen LogP contribution < -0.4 is 4.74 Å². The number of carbonyl (C=O) groups excluding carboxylic acids is 1. The number of hydrogen-bond donors (Lipinski definition) is 0. The summed E-state index contributed by atoms with van der Waals surface area (Å²) in [5, 5.41) is 0. The standard InChI is InChI=1S/C13H10FNO2/c1-9-12(3-2-6-15-9)17-13-5-4-11(14)7-10(13)8-16/h2-8H,1H3. The number of benzene rings is 1. The van der Waals surface area contributed by atoms with Crippen molar-refractivity contribution in [3.05, 3.63) is 53.6 Å². The molecule has 0 aliphatic rings. The number of carbonyl (C=O) groups is 1. The van der Waals surface area contributed by atoms with Crippen molar-refractivity contribution in [2.75, 3.05) is 0 Å². The minimum atomic E-state index is -0.470. The van der Waals surface area contributed by atoms with Crippen molar-refractivity contribution < 1.29 is 13.9 Å². The Morgan fingerprint density at radius 1 is 1.29 bits per heavy atom. The highest BCUT2D eigenvalue weighted by Crippen LogP contribution is 2.26. The molecule has 0 unspecified atom stereocenters. The first-order valence-electron chi connectivity index (χ1n) is 5.05. The van der Waals surface area contributed by atoms with Gasteiger partial charge in [-0.1, -0.05) is 0 Å². The van der Waals surface area contributed by atoms with E-state index in [1.807, 2.05) is 0 Å². The third-order valence-electron chi connectivity index (χ3n) is 2.28. The number of aryl methyl sites for hydroxylation is 1. The maximum atomic E-state index is 12.9. The van der Waals surface area contributed by atoms with Crippen molar-refractivity contribution >= 4 is 6.29 Å². The van der Waals surface area contributed by atoms with Crippen LogP contribution in [0.5, 0.6) is 11.5 Å². The monoisotopic (exact) mass is 231 g/mol. The summed E-state index contributed by atoms with van der Waals surface area (Å²) in [5.41, 5.74) is 0.877. The van der Waals surface area contributed by atoms with Crippen LogP contribution in [-0.4, -0.2) is 11.3 Å². The summed E-state index contributed by atoms with van der Waals surface area (Å²) < 4.78 is 18.5. The Kier molecular flexibility index (Phi) is 3.14. The van der Waals surface area contributed by atoms with Crippen LogP contribution in [0.2, 0.25) is 0 Å². The third-order valence-corrected chi connectivity index (χ3v) is 2.28. The lowest BCUT2D eigenvalue weighted by molar-refractivity contribution is 0.112. The van der Waals surface area contributed by atoms with Crippen LogP contribution >= 0.6 is 0 Å². The van der Waals surface area contributed by atoms with Gasteiger partial charge in [-0.2, -0.15) is 0 Å². The van der Waals surface area contributed by atoms with Gasteiger partial charge in [0.15, 0.2) is 6.29 Å². The summed E-state index contributed by atoms with van der Waals surface area (Å²) in [5.74, 6) is 0.391. The van der Waals surface area contributed by atoms with Crippen molar-refractivity contribution in [3.63, 3.8) is 0 Å². The lowest BCUT2D eigenvalue weighted by Gasteiger charge is -2.09. The SMILES string of the molecule is Cc1ncccc1Oc1ccc(F)cc1C=O. The van der Waals surface area contributed by atoms with Gasteiger partial charge in [0.25, 0.3) is 0 Å². The first kappa shape index (κ1) is 11.3. The molecule has 0 bridgehead atoms. The zero-order valence-corrected chi connectivity index (χ0v) is 9.18. The molecule has 17 heavy (non-hydrogen) atoms. The highest BCUT2D eigenvalue weighted by molar-refractivity contribution is 5.79. The van der Waals surface area contributed by atoms with E-state index in [1.165, 1.54) is 12.1 Å². The molecule has 3 nitrogen and oxygen atoms in total. The van der Waals surface area contributed by atoms with Gasteiger partial charge in [-0.05, 0) is 37.3 Å². The number of nitrogens with zero attached hydrogens (tertiary/aromatic N) is 1. The predicted molar refractivity (Wildman–Crippen MR) is 60.8 cm³/mol. The van der Waals surface area contributed by atoms with E-state index in [4.69, 9.17) is 4.74 Å². The van der Waals surface area contributed by atoms with Gasteiger partial charge in [0.1, 0.15) is 17.3 Å². The van der Waals surface area contributed by atoms with Crippen molar-refractivity contribution in [2.24, 2.45) is 0 Å². The van der Waals surface area contributed by atoms with E-state index < -0.39 is 5.82 Å². The molecule has 1 heterocycles. The second-order valence-corrected chi connectivity index (χ2v) is 3.49. The molecule has 4 heteroatoms. The number of halogens is 1. The van der Waals surface area contributed by atoms with Crippen LogP contribution in [0.4, 0.5) is 4.39 Å². The molecule has 0 spiro atoms. The smallest absolute Gasteiger partial charge is 0.153 e. The Hall–Kier alpha value is -2.23. The lowest BCUT2D eigenvalue weighted by atomic mass is 10.2. The molecule has 2 aromatic rings. The summed E-state index contributed by atoms with van der Waals surface area (Å²) in [6.07, 6.45) is 2.21. The van der Waals surface area contributed by atoms with Gasteiger partial charge in [-0.3, -0.25) is 9.78 Å². The minimum Gasteiger partial charge on any atom is -0.455 e. The predicted octanol–water partition coefficient (Wildman–Crippen LogP) is 3.13. The Balaban J connectivity index is 2.36. The van der Waals surface area contributed by atoms with Gasteiger partial charge in [-0.15, -0.1) is 0 Å². The van der Waals surface area contributed by atoms with E-state index in [0.29, 0.717) is 23.5 Å². The first-order valence-corrected chi connectivity index (χ1v) is 5.05. The van der Waals surface area contributed by atoms with Crippen molar-refractivity contribution in [3.8, 4) is 11.5 Å². The molecule has 2 rings (SSSR count). The van der Waals surface area contributed by atoms with E-state index >= 15 is 0 Å². The second kappa shape index (κ2) is 4.74. The number of aldehydes is 1. The first-order chi connectivity index (χ1) is 8.20. The third kappa shape index (κ3) is 2.47. The fourth-order valence-corrected chi connectivity index (χ4v) is 1.40. The number of hydrogen-bond acceptors (Lipinski definition) is 3. The van der Waals surface area contributed by atoms with E-state index in [9.17, 15) is 9.18 Å². The van der Waals surface area contributed by atoms with Crippen LogP contribution in [0.25, 0.3) is 0 Å². The average molecular weight is 231 g/mol. The quantitative estimate of drug-likeness (QED) is 0.762. The molecule has 0 N–H and O–H groups in total. The van der Waals surface area contributed by atoms with Crippen LogP contribution in [0, 0.1) is 12.7 Å². The van der Waals surface area contributed by atoms with Gasteiger partial charge in [0, 0.05) is 6.20 Å². The Labute approximate surface area is 97.9 Å². The van der Waals surface area contributed by atoms with Crippen LogP contribution in [0.3, 0.4) is 0 Å². The summed E-state index contributed by atoms with van der Waals surface area (Å²) in [4.78, 5) is 14.9. The Bertz CT molecular complexity index is 555. The molecule has 0 aliphatic heterocycles. The maximum Gasteiger partial charge on any atom is 0.153 e. The van der Waals surface area contributed by atoms with E-state index in [0.717, 1.165) is 6.07 Å². The fourth-order valence-electron chi connectivity index (χ4n) is 1.40. The van der Waals surface area contributed by atoms with Gasteiger partial charge in [0.05, 0.1) is 11.3 Å². The molecule has 0 atom stereocenters. The average Bonchev–Trinajstić information content (AvgIpc) is 2.34. The largest absolute Gasteiger partial charge is 0.455 e. The maximum absolute atomic E-state index is 12.9. The van der Waals surface area contributed by atoms with E-state index in [1.54, 1.807) is 25.3 Å². The molecule has 0 fully saturated rings. The molecule has 0 saturated heterocycles. The van der Waals surface area contributed by atoms with Crippen LogP contribution in [-0.2, 0) is 0 Å². The highest BCUT2D eigenvalue weighted by Gasteiger charge is 2.07. The molecule has 0 saturated carbocycles. The second-order valence-electron chi connectivity index (χ2n) is 3.49. The van der Waals surface area contributed by atoms with Gasteiger partial charge >= 0.3 is 0 Å². The van der Waals surface area contributed by atoms with Crippen LogP contribution in [0.15, 0.2) is 36.5 Å².